The van der Waals surface area contributed by atoms with Crippen molar-refractivity contribution in [3.8, 4) is 11.5 Å². The molecular weight excluding hydrogens is 352 g/mol. The summed E-state index contributed by atoms with van der Waals surface area (Å²) in [6.45, 7) is 0. The Labute approximate surface area is 155 Å². The highest BCUT2D eigenvalue weighted by Crippen LogP contribution is 2.46. The third kappa shape index (κ3) is 2.59. The third-order valence-electron chi connectivity index (χ3n) is 4.63. The summed E-state index contributed by atoms with van der Waals surface area (Å²) in [4.78, 5) is 28.8. The van der Waals surface area contributed by atoms with Crippen molar-refractivity contribution in [2.24, 2.45) is 0 Å². The highest BCUT2D eigenvalue weighted by molar-refractivity contribution is 7.99. The molecule has 2 aromatic rings. The molecule has 2 saturated heterocycles. The fourth-order valence-electron chi connectivity index (χ4n) is 3.30. The summed E-state index contributed by atoms with van der Waals surface area (Å²) in [5.41, 5.74) is 1.51. The van der Waals surface area contributed by atoms with Gasteiger partial charge in [0.05, 0.1) is 19.9 Å². The topological polar surface area (TPSA) is 59.1 Å². The number of hydrogen-bond acceptors (Lipinski definition) is 5. The van der Waals surface area contributed by atoms with Crippen LogP contribution in [0.1, 0.15) is 10.9 Å². The highest BCUT2D eigenvalue weighted by Gasteiger charge is 2.53. The number of nitrogens with zero attached hydrogens (tertiary/aromatic N) is 2. The molecule has 2 fully saturated rings. The second-order valence-corrected chi connectivity index (χ2v) is 7.15. The Bertz CT molecular complexity index is 855. The number of carbonyl (C=O) groups excluding carboxylic acids is 2. The summed E-state index contributed by atoms with van der Waals surface area (Å²) in [7, 11) is 3.17. The molecule has 26 heavy (non-hydrogen) atoms. The van der Waals surface area contributed by atoms with Crippen molar-refractivity contribution in [2.45, 2.75) is 11.4 Å². The lowest BCUT2D eigenvalue weighted by molar-refractivity contribution is -0.119. The van der Waals surface area contributed by atoms with Crippen molar-refractivity contribution >= 4 is 29.4 Å². The van der Waals surface area contributed by atoms with Crippen LogP contribution in [0.15, 0.2) is 48.5 Å². The Balaban J connectivity index is 1.65. The van der Waals surface area contributed by atoms with E-state index in [0.29, 0.717) is 17.2 Å². The molecule has 4 rings (SSSR count). The molecule has 0 N–H and O–H groups in total. The Hall–Kier alpha value is -2.67. The number of thioether (sulfide) groups is 1. The van der Waals surface area contributed by atoms with E-state index in [-0.39, 0.29) is 17.3 Å². The predicted octanol–water partition coefficient (Wildman–Crippen LogP) is 3.29. The summed E-state index contributed by atoms with van der Waals surface area (Å²) >= 11 is 1.61. The maximum Gasteiger partial charge on any atom is 0.333 e. The van der Waals surface area contributed by atoms with Gasteiger partial charge in [0, 0.05) is 11.8 Å². The zero-order chi connectivity index (χ0) is 18.3. The van der Waals surface area contributed by atoms with E-state index in [4.69, 9.17) is 9.47 Å². The molecule has 3 amide bonds. The molecule has 2 heterocycles. The normalized spacial score (nSPS) is 21.9. The minimum atomic E-state index is -0.439. The molecule has 0 saturated carbocycles. The molecule has 2 aliphatic heterocycles. The second-order valence-electron chi connectivity index (χ2n) is 6.04. The second kappa shape index (κ2) is 6.57. The first-order valence-electron chi connectivity index (χ1n) is 8.20. The van der Waals surface area contributed by atoms with E-state index in [1.807, 2.05) is 24.3 Å². The monoisotopic (exact) mass is 370 g/mol. The molecule has 0 aromatic heterocycles. The van der Waals surface area contributed by atoms with Crippen molar-refractivity contribution < 1.29 is 19.1 Å². The standard InChI is InChI=1S/C19H18N2O4S/c1-24-14-8-6-12(7-9-14)18-21-16(11-26-18)17(22)20(19(21)23)13-4-3-5-15(10-13)25-2/h3-10,16,18H,11H2,1-2H3/t16-,18-/m1/s1. The number of carbonyl (C=O) groups is 2. The number of ether oxygens (including phenoxy) is 2. The van der Waals surface area contributed by atoms with Gasteiger partial charge in [0.15, 0.2) is 0 Å². The van der Waals surface area contributed by atoms with Crippen LogP contribution in [0, 0.1) is 0 Å². The van der Waals surface area contributed by atoms with Gasteiger partial charge in [-0.2, -0.15) is 0 Å². The van der Waals surface area contributed by atoms with Gasteiger partial charge in [0.2, 0.25) is 0 Å². The molecule has 0 bridgehead atoms. The Morgan fingerprint density at radius 1 is 1.00 bits per heavy atom. The molecule has 2 atom stereocenters. The Morgan fingerprint density at radius 3 is 2.42 bits per heavy atom. The van der Waals surface area contributed by atoms with Crippen LogP contribution >= 0.6 is 11.8 Å². The zero-order valence-corrected chi connectivity index (χ0v) is 15.2. The van der Waals surface area contributed by atoms with E-state index in [2.05, 4.69) is 0 Å². The lowest BCUT2D eigenvalue weighted by Gasteiger charge is -2.23. The van der Waals surface area contributed by atoms with Gasteiger partial charge in [0.1, 0.15) is 22.9 Å². The van der Waals surface area contributed by atoms with Crippen LogP contribution in [0.5, 0.6) is 11.5 Å². The molecule has 6 nitrogen and oxygen atoms in total. The average molecular weight is 370 g/mol. The summed E-state index contributed by atoms with van der Waals surface area (Å²) in [5.74, 6) is 1.76. The number of hydrogen-bond donors (Lipinski definition) is 0. The van der Waals surface area contributed by atoms with Crippen LogP contribution in [-0.4, -0.2) is 42.9 Å². The van der Waals surface area contributed by atoms with Crippen LogP contribution in [-0.2, 0) is 4.79 Å². The lowest BCUT2D eigenvalue weighted by Crippen LogP contribution is -2.33. The fourth-order valence-corrected chi connectivity index (χ4v) is 4.72. The van der Waals surface area contributed by atoms with Gasteiger partial charge in [-0.15, -0.1) is 11.8 Å². The first kappa shape index (κ1) is 16.8. The maximum absolute atomic E-state index is 13.1. The molecule has 7 heteroatoms. The van der Waals surface area contributed by atoms with Crippen LogP contribution in [0.4, 0.5) is 10.5 Å². The van der Waals surface area contributed by atoms with Gasteiger partial charge in [-0.25, -0.2) is 9.69 Å². The van der Waals surface area contributed by atoms with E-state index in [1.54, 1.807) is 55.1 Å². The highest BCUT2D eigenvalue weighted by atomic mass is 32.2. The van der Waals surface area contributed by atoms with E-state index in [9.17, 15) is 9.59 Å². The fraction of sp³-hybridized carbons (Fsp3) is 0.263. The lowest BCUT2D eigenvalue weighted by atomic mass is 10.2. The van der Waals surface area contributed by atoms with E-state index in [1.165, 1.54) is 4.90 Å². The molecule has 0 spiro atoms. The SMILES string of the molecule is COc1ccc([C@H]2SC[C@@H]3C(=O)N(c4cccc(OC)c4)C(=O)N32)cc1. The molecule has 0 aliphatic carbocycles. The number of amides is 3. The smallest absolute Gasteiger partial charge is 0.333 e. The van der Waals surface area contributed by atoms with Gasteiger partial charge in [-0.3, -0.25) is 9.69 Å². The van der Waals surface area contributed by atoms with Gasteiger partial charge >= 0.3 is 6.03 Å². The van der Waals surface area contributed by atoms with Crippen LogP contribution in [0.3, 0.4) is 0 Å². The van der Waals surface area contributed by atoms with Crippen LogP contribution in [0.2, 0.25) is 0 Å². The van der Waals surface area contributed by atoms with Crippen LogP contribution in [0.25, 0.3) is 0 Å². The van der Waals surface area contributed by atoms with Crippen molar-refractivity contribution in [1.82, 2.24) is 4.90 Å². The molecule has 2 aliphatic rings. The number of benzene rings is 2. The quantitative estimate of drug-likeness (QED) is 0.773. The minimum Gasteiger partial charge on any atom is -0.497 e. The van der Waals surface area contributed by atoms with Gasteiger partial charge in [-0.1, -0.05) is 18.2 Å². The van der Waals surface area contributed by atoms with Gasteiger partial charge in [0.25, 0.3) is 5.91 Å². The number of imide groups is 1. The number of urea groups is 1. The van der Waals surface area contributed by atoms with Crippen molar-refractivity contribution in [2.75, 3.05) is 24.9 Å². The van der Waals surface area contributed by atoms with Crippen molar-refractivity contribution in [3.05, 3.63) is 54.1 Å². The Morgan fingerprint density at radius 2 is 1.73 bits per heavy atom. The molecule has 0 unspecified atom stereocenters. The van der Waals surface area contributed by atoms with Gasteiger partial charge < -0.3 is 9.47 Å². The minimum absolute atomic E-state index is 0.182. The first-order chi connectivity index (χ1) is 12.6. The summed E-state index contributed by atoms with van der Waals surface area (Å²) in [6.07, 6.45) is 0. The van der Waals surface area contributed by atoms with Crippen LogP contribution < -0.4 is 14.4 Å². The summed E-state index contributed by atoms with van der Waals surface area (Å²) in [5, 5.41) is -0.182. The molecule has 134 valence electrons. The summed E-state index contributed by atoms with van der Waals surface area (Å²) in [6, 6.07) is 13.9. The van der Waals surface area contributed by atoms with Crippen molar-refractivity contribution in [3.63, 3.8) is 0 Å². The van der Waals surface area contributed by atoms with E-state index in [0.717, 1.165) is 11.3 Å². The van der Waals surface area contributed by atoms with Crippen molar-refractivity contribution in [1.29, 1.82) is 0 Å². The predicted molar refractivity (Wildman–Crippen MR) is 99.7 cm³/mol. The number of methoxy groups -OCH3 is 2. The molecule has 0 radical (unpaired) electrons. The zero-order valence-electron chi connectivity index (χ0n) is 14.4. The van der Waals surface area contributed by atoms with E-state index < -0.39 is 6.04 Å². The first-order valence-corrected chi connectivity index (χ1v) is 9.25. The summed E-state index contributed by atoms with van der Waals surface area (Å²) < 4.78 is 10.4. The molecule has 2 aromatic carbocycles. The third-order valence-corrected chi connectivity index (χ3v) is 5.95. The largest absolute Gasteiger partial charge is 0.497 e. The number of anilines is 1. The van der Waals surface area contributed by atoms with Gasteiger partial charge in [-0.05, 0) is 29.8 Å². The maximum atomic E-state index is 13.1. The molecular formula is C19H18N2O4S. The van der Waals surface area contributed by atoms with E-state index >= 15 is 0 Å². The Kier molecular flexibility index (Phi) is 4.24. The number of rotatable bonds is 4. The number of fused-ring (bicyclic) bond motifs is 1. The average Bonchev–Trinajstić information content (AvgIpc) is 3.22.